The van der Waals surface area contributed by atoms with Crippen LogP contribution in [0.3, 0.4) is 0 Å². The Labute approximate surface area is 136 Å². The number of rotatable bonds is 3. The first-order valence-electron chi connectivity index (χ1n) is 7.80. The Kier molecular flexibility index (Phi) is 4.73. The molecule has 1 saturated carbocycles. The lowest BCUT2D eigenvalue weighted by atomic mass is 9.81. The zero-order valence-electron chi connectivity index (χ0n) is 12.4. The number of hydrogen-bond acceptors (Lipinski definition) is 4. The fraction of sp³-hybridized carbons (Fsp3) is 0.667. The summed E-state index contributed by atoms with van der Waals surface area (Å²) in [6.45, 7) is 0.503. The van der Waals surface area contributed by atoms with Gasteiger partial charge in [0.05, 0.1) is 11.1 Å². The molecule has 3 rings (SSSR count). The standard InChI is InChI=1S/C15H21ClN2O3S/c16-11-8-12(10-17-9-11)22(20,21)18-7-3-5-14(18)13-4-1-2-6-15(13)19/h8-10,13-15,19H,1-7H2/t13-,14+,15+/m0/s1. The van der Waals surface area contributed by atoms with E-state index in [0.717, 1.165) is 38.5 Å². The summed E-state index contributed by atoms with van der Waals surface area (Å²) in [6, 6.07) is 1.33. The van der Waals surface area contributed by atoms with Crippen LogP contribution in [0.15, 0.2) is 23.4 Å². The first kappa shape index (κ1) is 16.2. The Balaban J connectivity index is 1.89. The zero-order chi connectivity index (χ0) is 15.7. The summed E-state index contributed by atoms with van der Waals surface area (Å²) in [5, 5.41) is 10.6. The van der Waals surface area contributed by atoms with E-state index in [-0.39, 0.29) is 16.9 Å². The van der Waals surface area contributed by atoms with Gasteiger partial charge < -0.3 is 5.11 Å². The van der Waals surface area contributed by atoms with Crippen molar-refractivity contribution in [3.05, 3.63) is 23.5 Å². The van der Waals surface area contributed by atoms with Gasteiger partial charge in [0.25, 0.3) is 0 Å². The molecule has 1 aromatic heterocycles. The summed E-state index contributed by atoms with van der Waals surface area (Å²) in [7, 11) is -3.61. The summed E-state index contributed by atoms with van der Waals surface area (Å²) < 4.78 is 27.3. The molecule has 0 radical (unpaired) electrons. The summed E-state index contributed by atoms with van der Waals surface area (Å²) in [6.07, 6.45) is 7.77. The molecule has 0 unspecified atom stereocenters. The topological polar surface area (TPSA) is 70.5 Å². The number of aliphatic hydroxyl groups excluding tert-OH is 1. The van der Waals surface area contributed by atoms with Crippen molar-refractivity contribution in [3.63, 3.8) is 0 Å². The van der Waals surface area contributed by atoms with E-state index in [1.807, 2.05) is 0 Å². The van der Waals surface area contributed by atoms with Gasteiger partial charge in [0.1, 0.15) is 4.90 Å². The molecular weight excluding hydrogens is 324 g/mol. The van der Waals surface area contributed by atoms with Crippen molar-refractivity contribution in [2.24, 2.45) is 5.92 Å². The van der Waals surface area contributed by atoms with Gasteiger partial charge in [-0.05, 0) is 31.7 Å². The van der Waals surface area contributed by atoms with Crippen molar-refractivity contribution in [1.82, 2.24) is 9.29 Å². The number of aliphatic hydroxyl groups is 1. The quantitative estimate of drug-likeness (QED) is 0.914. The fourth-order valence-corrected chi connectivity index (χ4v) is 5.72. The molecule has 1 aliphatic carbocycles. The molecule has 5 nitrogen and oxygen atoms in total. The molecule has 0 bridgehead atoms. The molecule has 2 heterocycles. The Morgan fingerprint density at radius 1 is 1.18 bits per heavy atom. The van der Waals surface area contributed by atoms with E-state index in [1.165, 1.54) is 18.5 Å². The van der Waals surface area contributed by atoms with Gasteiger partial charge in [-0.25, -0.2) is 8.42 Å². The molecule has 3 atom stereocenters. The van der Waals surface area contributed by atoms with E-state index in [1.54, 1.807) is 4.31 Å². The Bertz CT molecular complexity index is 637. The van der Waals surface area contributed by atoms with Gasteiger partial charge in [-0.15, -0.1) is 0 Å². The highest BCUT2D eigenvalue weighted by molar-refractivity contribution is 7.89. The maximum atomic E-state index is 12.9. The summed E-state index contributed by atoms with van der Waals surface area (Å²) in [5.74, 6) is 0.0400. The van der Waals surface area contributed by atoms with E-state index in [0.29, 0.717) is 11.6 Å². The van der Waals surface area contributed by atoms with Crippen LogP contribution in [0.1, 0.15) is 38.5 Å². The van der Waals surface area contributed by atoms with Crippen molar-refractivity contribution >= 4 is 21.6 Å². The first-order valence-corrected chi connectivity index (χ1v) is 9.62. The Morgan fingerprint density at radius 3 is 2.68 bits per heavy atom. The van der Waals surface area contributed by atoms with Crippen molar-refractivity contribution in [2.75, 3.05) is 6.54 Å². The van der Waals surface area contributed by atoms with Gasteiger partial charge in [-0.1, -0.05) is 24.4 Å². The Hall–Kier alpha value is -0.690. The van der Waals surface area contributed by atoms with Gasteiger partial charge in [0.2, 0.25) is 10.0 Å². The highest BCUT2D eigenvalue weighted by atomic mass is 35.5. The predicted molar refractivity (Wildman–Crippen MR) is 84.1 cm³/mol. The third kappa shape index (κ3) is 3.02. The molecule has 2 fully saturated rings. The SMILES string of the molecule is O=S(=O)(c1cncc(Cl)c1)N1CCC[C@@H]1[C@@H]1CCCC[C@H]1O. The van der Waals surface area contributed by atoms with Crippen LogP contribution in [0.5, 0.6) is 0 Å². The third-order valence-electron chi connectivity index (χ3n) is 4.81. The molecule has 1 aromatic rings. The second kappa shape index (κ2) is 6.43. The van der Waals surface area contributed by atoms with E-state index in [2.05, 4.69) is 4.98 Å². The zero-order valence-corrected chi connectivity index (χ0v) is 13.9. The van der Waals surface area contributed by atoms with Crippen LogP contribution >= 0.6 is 11.6 Å². The van der Waals surface area contributed by atoms with Crippen LogP contribution < -0.4 is 0 Å². The highest BCUT2D eigenvalue weighted by Gasteiger charge is 2.42. The maximum Gasteiger partial charge on any atom is 0.244 e. The van der Waals surface area contributed by atoms with Crippen LogP contribution in [0.25, 0.3) is 0 Å². The lowest BCUT2D eigenvalue weighted by Gasteiger charge is -2.36. The first-order chi connectivity index (χ1) is 10.5. The van der Waals surface area contributed by atoms with Crippen LogP contribution in [0.2, 0.25) is 5.02 Å². The normalized spacial score (nSPS) is 30.5. The lowest BCUT2D eigenvalue weighted by Crippen LogP contribution is -2.45. The van der Waals surface area contributed by atoms with Gasteiger partial charge in [-0.3, -0.25) is 4.98 Å². The van der Waals surface area contributed by atoms with Crippen molar-refractivity contribution in [3.8, 4) is 0 Å². The minimum absolute atomic E-state index is 0.0400. The molecular formula is C15H21ClN2O3S. The largest absolute Gasteiger partial charge is 0.393 e. The van der Waals surface area contributed by atoms with Gasteiger partial charge in [0, 0.05) is 30.9 Å². The smallest absolute Gasteiger partial charge is 0.244 e. The molecule has 2 aliphatic rings. The van der Waals surface area contributed by atoms with Crippen LogP contribution in [0.4, 0.5) is 0 Å². The second-order valence-electron chi connectivity index (χ2n) is 6.18. The van der Waals surface area contributed by atoms with Crippen molar-refractivity contribution in [1.29, 1.82) is 0 Å². The average Bonchev–Trinajstić information content (AvgIpc) is 2.98. The lowest BCUT2D eigenvalue weighted by molar-refractivity contribution is 0.0386. The van der Waals surface area contributed by atoms with Crippen LogP contribution in [-0.2, 0) is 10.0 Å². The molecule has 122 valence electrons. The van der Waals surface area contributed by atoms with Crippen LogP contribution in [0, 0.1) is 5.92 Å². The third-order valence-corrected chi connectivity index (χ3v) is 6.91. The predicted octanol–water partition coefficient (Wildman–Crippen LogP) is 2.44. The maximum absolute atomic E-state index is 12.9. The van der Waals surface area contributed by atoms with E-state index >= 15 is 0 Å². The molecule has 7 heteroatoms. The van der Waals surface area contributed by atoms with E-state index < -0.39 is 16.1 Å². The monoisotopic (exact) mass is 344 g/mol. The Morgan fingerprint density at radius 2 is 1.95 bits per heavy atom. The second-order valence-corrected chi connectivity index (χ2v) is 8.51. The fourth-order valence-electron chi connectivity index (χ4n) is 3.75. The number of halogens is 1. The van der Waals surface area contributed by atoms with Crippen LogP contribution in [-0.4, -0.2) is 41.5 Å². The molecule has 1 N–H and O–H groups in total. The minimum atomic E-state index is -3.61. The highest BCUT2D eigenvalue weighted by Crippen LogP contribution is 2.37. The van der Waals surface area contributed by atoms with Gasteiger partial charge >= 0.3 is 0 Å². The molecule has 0 spiro atoms. The summed E-state index contributed by atoms with van der Waals surface area (Å²) in [4.78, 5) is 4.02. The molecule has 1 saturated heterocycles. The number of aromatic nitrogens is 1. The minimum Gasteiger partial charge on any atom is -0.393 e. The summed E-state index contributed by atoms with van der Waals surface area (Å²) in [5.41, 5.74) is 0. The van der Waals surface area contributed by atoms with E-state index in [4.69, 9.17) is 11.6 Å². The summed E-state index contributed by atoms with van der Waals surface area (Å²) >= 11 is 5.88. The number of sulfonamides is 1. The average molecular weight is 345 g/mol. The number of pyridine rings is 1. The molecule has 0 amide bonds. The molecule has 1 aliphatic heterocycles. The van der Waals surface area contributed by atoms with E-state index in [9.17, 15) is 13.5 Å². The molecule has 0 aromatic carbocycles. The molecule has 22 heavy (non-hydrogen) atoms. The number of nitrogens with zero attached hydrogens (tertiary/aromatic N) is 2. The van der Waals surface area contributed by atoms with Crippen molar-refractivity contribution < 1.29 is 13.5 Å². The number of hydrogen-bond donors (Lipinski definition) is 1. The van der Waals surface area contributed by atoms with Gasteiger partial charge in [-0.2, -0.15) is 4.31 Å². The van der Waals surface area contributed by atoms with Crippen molar-refractivity contribution in [2.45, 2.75) is 55.6 Å². The van der Waals surface area contributed by atoms with Gasteiger partial charge in [0.15, 0.2) is 0 Å².